The Balaban J connectivity index is 1.23. The fraction of sp³-hybridized carbons (Fsp3) is 0.381. The number of nitrogens with zero attached hydrogens (tertiary/aromatic N) is 4. The van der Waals surface area contributed by atoms with Crippen LogP contribution in [0.4, 0.5) is 10.2 Å². The predicted octanol–water partition coefficient (Wildman–Crippen LogP) is 9.58. The first-order chi connectivity index (χ1) is 26.1. The van der Waals surface area contributed by atoms with Crippen molar-refractivity contribution in [1.82, 2.24) is 9.55 Å². The van der Waals surface area contributed by atoms with Crippen LogP contribution < -0.4 is 14.4 Å². The van der Waals surface area contributed by atoms with Crippen molar-refractivity contribution in [2.24, 2.45) is 4.99 Å². The summed E-state index contributed by atoms with van der Waals surface area (Å²) < 4.78 is 35.5. The minimum Gasteiger partial charge on any atom is -0.491 e. The molecule has 0 bridgehead atoms. The lowest BCUT2D eigenvalue weighted by molar-refractivity contribution is 0.00613. The fourth-order valence-electron chi connectivity index (χ4n) is 6.28. The summed E-state index contributed by atoms with van der Waals surface area (Å²) in [5.41, 5.74) is 3.72. The van der Waals surface area contributed by atoms with E-state index in [2.05, 4.69) is 51.5 Å². The number of halogens is 2. The zero-order valence-corrected chi connectivity index (χ0v) is 35.7. The average molecular weight is 848 g/mol. The van der Waals surface area contributed by atoms with Gasteiger partial charge in [0.25, 0.3) is 5.91 Å². The van der Waals surface area contributed by atoms with Gasteiger partial charge in [-0.05, 0) is 105 Å². The second-order valence-electron chi connectivity index (χ2n) is 15.9. The second kappa shape index (κ2) is 17.3. The normalized spacial score (nSPS) is 13.6. The zero-order chi connectivity index (χ0) is 39.3. The highest BCUT2D eigenvalue weighted by molar-refractivity contribution is 9.10. The van der Waals surface area contributed by atoms with Gasteiger partial charge in [-0.2, -0.15) is 4.99 Å². The van der Waals surface area contributed by atoms with Crippen LogP contribution in [0.25, 0.3) is 10.2 Å². The molecule has 0 aliphatic carbocycles. The van der Waals surface area contributed by atoms with Gasteiger partial charge in [-0.1, -0.05) is 77.2 Å². The number of benzene rings is 3. The Kier molecular flexibility index (Phi) is 12.7. The van der Waals surface area contributed by atoms with Gasteiger partial charge in [0.1, 0.15) is 18.1 Å². The van der Waals surface area contributed by atoms with E-state index in [1.54, 1.807) is 12.1 Å². The van der Waals surface area contributed by atoms with Crippen LogP contribution in [-0.4, -0.2) is 54.9 Å². The molecule has 0 spiro atoms. The maximum Gasteiger partial charge on any atom is 0.357 e. The van der Waals surface area contributed by atoms with Crippen molar-refractivity contribution in [3.63, 3.8) is 0 Å². The van der Waals surface area contributed by atoms with Gasteiger partial charge in [-0.25, -0.2) is 14.2 Å². The maximum absolute atomic E-state index is 14.3. The molecule has 0 saturated heterocycles. The molecule has 290 valence electrons. The number of fused-ring (bicyclic) bond motifs is 2. The Morgan fingerprint density at radius 2 is 1.82 bits per heavy atom. The number of ether oxygens (including phenoxy) is 3. The molecule has 0 saturated carbocycles. The highest BCUT2D eigenvalue weighted by atomic mass is 79.9. The number of anilines is 1. The number of para-hydroxylation sites is 1. The summed E-state index contributed by atoms with van der Waals surface area (Å²) in [5.74, 6) is -0.495. The Labute approximate surface area is 335 Å². The summed E-state index contributed by atoms with van der Waals surface area (Å²) in [4.78, 5) is 39.8. The van der Waals surface area contributed by atoms with E-state index >= 15 is 0 Å². The van der Waals surface area contributed by atoms with Crippen LogP contribution in [0.3, 0.4) is 0 Å². The van der Waals surface area contributed by atoms with Crippen molar-refractivity contribution in [1.29, 1.82) is 0 Å². The summed E-state index contributed by atoms with van der Waals surface area (Å²) >= 11 is 4.74. The van der Waals surface area contributed by atoms with E-state index in [1.165, 1.54) is 17.4 Å². The van der Waals surface area contributed by atoms with Crippen LogP contribution in [0.5, 0.6) is 5.75 Å². The summed E-state index contributed by atoms with van der Waals surface area (Å²) in [6.45, 7) is 14.7. The van der Waals surface area contributed by atoms with Crippen LogP contribution in [0.15, 0.2) is 82.3 Å². The van der Waals surface area contributed by atoms with E-state index < -0.39 is 25.5 Å². The van der Waals surface area contributed by atoms with Crippen molar-refractivity contribution in [3.8, 4) is 5.75 Å². The number of carbonyl (C=O) groups excluding carboxylic acids is 2. The zero-order valence-electron chi connectivity index (χ0n) is 32.3. The third-order valence-corrected chi connectivity index (χ3v) is 12.4. The number of esters is 1. The molecule has 13 heteroatoms. The highest BCUT2D eigenvalue weighted by Gasteiger charge is 2.27. The molecule has 0 atom stereocenters. The van der Waals surface area contributed by atoms with Crippen LogP contribution in [0.1, 0.15) is 64.7 Å². The molecule has 3 aromatic carbocycles. The summed E-state index contributed by atoms with van der Waals surface area (Å²) in [6.07, 6.45) is 1.70. The van der Waals surface area contributed by atoms with Gasteiger partial charge in [0.05, 0.1) is 16.8 Å². The van der Waals surface area contributed by atoms with Crippen molar-refractivity contribution in [2.75, 3.05) is 24.7 Å². The molecule has 55 heavy (non-hydrogen) atoms. The van der Waals surface area contributed by atoms with Gasteiger partial charge in [-0.3, -0.25) is 9.36 Å². The number of amides is 1. The number of carbonyl (C=O) groups is 2. The molecule has 0 unspecified atom stereocenters. The molecule has 2 aromatic heterocycles. The lowest BCUT2D eigenvalue weighted by Gasteiger charge is -2.31. The van der Waals surface area contributed by atoms with Crippen molar-refractivity contribution in [3.05, 3.63) is 116 Å². The first-order valence-electron chi connectivity index (χ1n) is 18.6. The summed E-state index contributed by atoms with van der Waals surface area (Å²) in [6, 6.07) is 23.4. The molecule has 0 fully saturated rings. The lowest BCUT2D eigenvalue weighted by Crippen LogP contribution is -2.33. The van der Waals surface area contributed by atoms with E-state index in [0.29, 0.717) is 71.9 Å². The Bertz CT molecular complexity index is 2260. The Morgan fingerprint density at radius 1 is 1.02 bits per heavy atom. The van der Waals surface area contributed by atoms with Crippen LogP contribution >= 0.6 is 27.3 Å². The van der Waals surface area contributed by atoms with Crippen LogP contribution in [0, 0.1) is 5.82 Å². The first kappa shape index (κ1) is 40.5. The predicted molar refractivity (Wildman–Crippen MR) is 222 cm³/mol. The SMILES string of the molecule is CC(C)(C)OC(=O)c1nc(N2CCc3cccc(C(=O)/N=c4/sc5ccccc5n4COCC[Si](C)(C)C)c3C2)ccc1CCCOc1ccc(Br)cc1F. The molecule has 1 amide bonds. The molecule has 1 aliphatic rings. The van der Waals surface area contributed by atoms with E-state index in [1.807, 2.05) is 73.9 Å². The Morgan fingerprint density at radius 3 is 2.58 bits per heavy atom. The van der Waals surface area contributed by atoms with E-state index in [9.17, 15) is 14.0 Å². The van der Waals surface area contributed by atoms with Crippen LogP contribution in [-0.2, 0) is 35.6 Å². The second-order valence-corrected chi connectivity index (χ2v) is 23.4. The first-order valence-corrected chi connectivity index (χ1v) is 23.9. The number of aromatic nitrogens is 2. The molecular formula is C42H48BrFN4O5SSi. The van der Waals surface area contributed by atoms with Gasteiger partial charge < -0.3 is 19.1 Å². The van der Waals surface area contributed by atoms with Crippen LogP contribution in [0.2, 0.25) is 25.7 Å². The number of pyridine rings is 1. The maximum atomic E-state index is 14.3. The topological polar surface area (TPSA) is 95.2 Å². The van der Waals surface area contributed by atoms with Gasteiger partial charge in [-0.15, -0.1) is 0 Å². The fourth-order valence-corrected chi connectivity index (χ4v) is 8.39. The number of hydrogen-bond donors (Lipinski definition) is 0. The molecule has 0 N–H and O–H groups in total. The van der Waals surface area contributed by atoms with Crippen molar-refractivity contribution >= 4 is 63.3 Å². The summed E-state index contributed by atoms with van der Waals surface area (Å²) in [7, 11) is -1.26. The average Bonchev–Trinajstić information content (AvgIpc) is 3.47. The van der Waals surface area contributed by atoms with Gasteiger partial charge in [0.2, 0.25) is 0 Å². The third-order valence-electron chi connectivity index (χ3n) is 9.13. The van der Waals surface area contributed by atoms with Crippen molar-refractivity contribution < 1.29 is 28.2 Å². The standard InChI is InChI=1S/C42H48BrFN4O5SSi/c1-42(2,3)53-40(50)38-29(12-10-22-52-35-18-17-30(43)25-33(35)44)16-19-37(45-38)47-21-20-28-11-9-13-31(32(28)26-47)39(49)46-41-48(27-51-23-24-55(4,5)6)34-14-7-8-15-36(34)54-41/h7-9,11,13-19,25H,10,12,20-24,26-27H2,1-6H3/b46-41+. The number of aryl methyl sites for hydroxylation is 1. The minimum absolute atomic E-state index is 0.171. The monoisotopic (exact) mass is 846 g/mol. The molecule has 5 aromatic rings. The molecular weight excluding hydrogens is 800 g/mol. The number of thiazole rings is 1. The minimum atomic E-state index is -1.26. The molecule has 0 radical (unpaired) electrons. The Hall–Kier alpha value is -4.17. The van der Waals surface area contributed by atoms with Crippen molar-refractivity contribution in [2.45, 2.75) is 84.6 Å². The number of hydrogen-bond acceptors (Lipinski definition) is 8. The van der Waals surface area contributed by atoms with Gasteiger partial charge >= 0.3 is 5.97 Å². The lowest BCUT2D eigenvalue weighted by atomic mass is 9.94. The van der Waals surface area contributed by atoms with E-state index in [4.69, 9.17) is 19.2 Å². The third kappa shape index (κ3) is 10.6. The molecule has 6 rings (SSSR count). The van der Waals surface area contributed by atoms with Gasteiger partial charge in [0, 0.05) is 37.8 Å². The van der Waals surface area contributed by atoms with E-state index in [-0.39, 0.29) is 24.0 Å². The molecule has 1 aliphatic heterocycles. The largest absolute Gasteiger partial charge is 0.491 e. The summed E-state index contributed by atoms with van der Waals surface area (Å²) in [5, 5.41) is 0. The number of rotatable bonds is 13. The van der Waals surface area contributed by atoms with E-state index in [0.717, 1.165) is 27.4 Å². The quantitative estimate of drug-likeness (QED) is 0.0662. The molecule has 3 heterocycles. The van der Waals surface area contributed by atoms with Gasteiger partial charge in [0.15, 0.2) is 22.1 Å². The highest BCUT2D eigenvalue weighted by Crippen LogP contribution is 2.29. The molecule has 9 nitrogen and oxygen atoms in total. The smallest absolute Gasteiger partial charge is 0.357 e.